The van der Waals surface area contributed by atoms with Crippen LogP contribution in [0.4, 0.5) is 26.3 Å². The predicted molar refractivity (Wildman–Crippen MR) is 128 cm³/mol. The third kappa shape index (κ3) is 5.47. The Labute approximate surface area is 218 Å². The maximum Gasteiger partial charge on any atom is 0.415 e. The Kier molecular flexibility index (Phi) is 7.46. The first-order valence-electron chi connectivity index (χ1n) is 12.5. The summed E-state index contributed by atoms with van der Waals surface area (Å²) < 4.78 is 101. The number of halogens is 6. The molecule has 10 heteroatoms. The first-order chi connectivity index (χ1) is 17.5. The molecule has 2 heterocycles. The predicted octanol–water partition coefficient (Wildman–Crippen LogP) is 7.98. The lowest BCUT2D eigenvalue weighted by atomic mass is 9.72. The van der Waals surface area contributed by atoms with Crippen LogP contribution in [0.15, 0.2) is 48.5 Å². The van der Waals surface area contributed by atoms with Crippen LogP contribution in [-0.4, -0.2) is 37.3 Å². The van der Waals surface area contributed by atoms with E-state index in [0.717, 1.165) is 0 Å². The molecule has 2 aliphatic rings. The van der Waals surface area contributed by atoms with Gasteiger partial charge in [0.05, 0.1) is 12.2 Å². The fraction of sp³-hybridized carbons (Fsp3) is 0.571. The van der Waals surface area contributed by atoms with Crippen LogP contribution in [-0.2, 0) is 9.47 Å². The smallest absolute Gasteiger partial charge is 0.415 e. The summed E-state index contributed by atoms with van der Waals surface area (Å²) in [5.41, 5.74) is -0.854. The number of hydrogen-bond acceptors (Lipinski definition) is 4. The molecule has 0 aromatic heterocycles. The van der Waals surface area contributed by atoms with Crippen molar-refractivity contribution >= 4 is 0 Å². The van der Waals surface area contributed by atoms with Crippen LogP contribution in [0.3, 0.4) is 0 Å². The molecule has 210 valence electrons. The van der Waals surface area contributed by atoms with Gasteiger partial charge < -0.3 is 18.9 Å². The van der Waals surface area contributed by atoms with Crippen LogP contribution in [0.2, 0.25) is 0 Å². The molecule has 0 bridgehead atoms. The SMILES string of the molecule is CCC(COc1ccc(C2OC(C(F)(F)F)C2(C)C)cc1)Oc1ccc(C2OC(C(F)(F)F)C2(C)C)cc1. The average molecular weight is 547 g/mol. The minimum absolute atomic E-state index is 0.227. The van der Waals surface area contributed by atoms with E-state index in [4.69, 9.17) is 18.9 Å². The number of alkyl halides is 6. The normalized spacial score (nSPS) is 27.1. The quantitative estimate of drug-likeness (QED) is 0.315. The fourth-order valence-electron chi connectivity index (χ4n) is 5.20. The number of hydrogen-bond donors (Lipinski definition) is 0. The van der Waals surface area contributed by atoms with E-state index in [9.17, 15) is 26.3 Å². The lowest BCUT2D eigenvalue weighted by molar-refractivity contribution is -0.351. The van der Waals surface area contributed by atoms with Gasteiger partial charge in [0, 0.05) is 10.8 Å². The van der Waals surface area contributed by atoms with Crippen molar-refractivity contribution in [2.45, 2.75) is 83.9 Å². The van der Waals surface area contributed by atoms with E-state index < -0.39 is 47.6 Å². The van der Waals surface area contributed by atoms with E-state index in [1.165, 1.54) is 0 Å². The monoisotopic (exact) mass is 546 g/mol. The standard InChI is InChI=1S/C28H32F6O4/c1-6-18(36-20-13-9-17(10-14-20)22-26(4,5)24(38-22)28(32,33)34)15-35-19-11-7-16(8-12-19)21-25(2,3)23(37-21)27(29,30)31/h7-14,18,21-24H,6,15H2,1-5H3. The van der Waals surface area contributed by atoms with Crippen LogP contribution in [0.1, 0.15) is 64.4 Å². The van der Waals surface area contributed by atoms with Crippen molar-refractivity contribution < 1.29 is 45.3 Å². The maximum atomic E-state index is 13.1. The zero-order valence-electron chi connectivity index (χ0n) is 21.8. The van der Waals surface area contributed by atoms with Crippen LogP contribution in [0.25, 0.3) is 0 Å². The van der Waals surface area contributed by atoms with Gasteiger partial charge in [-0.1, -0.05) is 58.9 Å². The molecule has 5 atom stereocenters. The molecule has 2 aliphatic heterocycles. The van der Waals surface area contributed by atoms with Gasteiger partial charge in [0.25, 0.3) is 0 Å². The largest absolute Gasteiger partial charge is 0.490 e. The summed E-state index contributed by atoms with van der Waals surface area (Å²) in [4.78, 5) is 0. The van der Waals surface area contributed by atoms with Crippen LogP contribution in [0.5, 0.6) is 11.5 Å². The third-order valence-corrected chi connectivity index (χ3v) is 7.40. The van der Waals surface area contributed by atoms with E-state index in [1.807, 2.05) is 6.92 Å². The lowest BCUT2D eigenvalue weighted by Crippen LogP contribution is -2.57. The van der Waals surface area contributed by atoms with Gasteiger partial charge >= 0.3 is 12.4 Å². The van der Waals surface area contributed by atoms with E-state index in [0.29, 0.717) is 29.0 Å². The summed E-state index contributed by atoms with van der Waals surface area (Å²) in [6.07, 6.45) is -13.4. The highest BCUT2D eigenvalue weighted by Crippen LogP contribution is 2.57. The van der Waals surface area contributed by atoms with Gasteiger partial charge in [0.15, 0.2) is 12.2 Å². The molecule has 0 radical (unpaired) electrons. The van der Waals surface area contributed by atoms with E-state index >= 15 is 0 Å². The van der Waals surface area contributed by atoms with Crippen LogP contribution in [0, 0.1) is 10.8 Å². The number of ether oxygens (including phenoxy) is 4. The van der Waals surface area contributed by atoms with Crippen molar-refractivity contribution in [3.05, 3.63) is 59.7 Å². The number of rotatable bonds is 8. The van der Waals surface area contributed by atoms with Gasteiger partial charge in [-0.3, -0.25) is 0 Å². The minimum Gasteiger partial charge on any atom is -0.490 e. The van der Waals surface area contributed by atoms with E-state index in [-0.39, 0.29) is 12.7 Å². The molecule has 2 fully saturated rings. The maximum absolute atomic E-state index is 13.1. The van der Waals surface area contributed by atoms with Crippen LogP contribution < -0.4 is 9.47 Å². The highest BCUT2D eigenvalue weighted by Gasteiger charge is 2.63. The van der Waals surface area contributed by atoms with Crippen molar-refractivity contribution in [2.24, 2.45) is 10.8 Å². The zero-order valence-corrected chi connectivity index (χ0v) is 21.8. The summed E-state index contributed by atoms with van der Waals surface area (Å²) in [7, 11) is 0. The molecule has 0 amide bonds. The van der Waals surface area contributed by atoms with Crippen molar-refractivity contribution in [3.8, 4) is 11.5 Å². The molecule has 0 spiro atoms. The average Bonchev–Trinajstić information content (AvgIpc) is 2.80. The summed E-state index contributed by atoms with van der Waals surface area (Å²) in [6, 6.07) is 13.6. The molecule has 2 saturated heterocycles. The van der Waals surface area contributed by atoms with Gasteiger partial charge in [-0.25, -0.2) is 0 Å². The van der Waals surface area contributed by atoms with Gasteiger partial charge in [-0.05, 0) is 41.8 Å². The lowest BCUT2D eigenvalue weighted by Gasteiger charge is -2.52. The summed E-state index contributed by atoms with van der Waals surface area (Å²) in [6.45, 7) is 8.32. The first-order valence-corrected chi connectivity index (χ1v) is 12.5. The van der Waals surface area contributed by atoms with Crippen LogP contribution >= 0.6 is 0 Å². The molecule has 4 nitrogen and oxygen atoms in total. The molecular weight excluding hydrogens is 514 g/mol. The Bertz CT molecular complexity index is 1090. The second-order valence-electron chi connectivity index (χ2n) is 11.1. The molecule has 5 unspecified atom stereocenters. The Hall–Kier alpha value is -2.46. The highest BCUT2D eigenvalue weighted by atomic mass is 19.4. The highest BCUT2D eigenvalue weighted by molar-refractivity contribution is 5.32. The Morgan fingerprint density at radius 3 is 1.45 bits per heavy atom. The van der Waals surface area contributed by atoms with Crippen molar-refractivity contribution in [1.82, 2.24) is 0 Å². The first kappa shape index (κ1) is 28.5. The van der Waals surface area contributed by atoms with E-state index in [1.54, 1.807) is 76.2 Å². The van der Waals surface area contributed by atoms with E-state index in [2.05, 4.69) is 0 Å². The van der Waals surface area contributed by atoms with Gasteiger partial charge in [0.2, 0.25) is 0 Å². The Morgan fingerprint density at radius 1 is 0.711 bits per heavy atom. The topological polar surface area (TPSA) is 36.9 Å². The minimum atomic E-state index is -4.41. The Morgan fingerprint density at radius 2 is 1.11 bits per heavy atom. The molecule has 0 N–H and O–H groups in total. The molecule has 0 saturated carbocycles. The number of benzene rings is 2. The molecule has 0 aliphatic carbocycles. The van der Waals surface area contributed by atoms with Gasteiger partial charge in [0.1, 0.15) is 24.2 Å². The second-order valence-corrected chi connectivity index (χ2v) is 11.1. The van der Waals surface area contributed by atoms with Crippen molar-refractivity contribution in [3.63, 3.8) is 0 Å². The molecule has 2 aromatic carbocycles. The third-order valence-electron chi connectivity index (χ3n) is 7.40. The zero-order chi connectivity index (χ0) is 28.1. The van der Waals surface area contributed by atoms with Gasteiger partial charge in [-0.2, -0.15) is 26.3 Å². The molecular formula is C28H32F6O4. The summed E-state index contributed by atoms with van der Waals surface area (Å²) >= 11 is 0. The second kappa shape index (κ2) is 9.93. The molecule has 2 aromatic rings. The van der Waals surface area contributed by atoms with Gasteiger partial charge in [-0.15, -0.1) is 0 Å². The van der Waals surface area contributed by atoms with Crippen molar-refractivity contribution in [2.75, 3.05) is 6.61 Å². The molecule has 38 heavy (non-hydrogen) atoms. The summed E-state index contributed by atoms with van der Waals surface area (Å²) in [5.74, 6) is 1.09. The summed E-state index contributed by atoms with van der Waals surface area (Å²) in [5, 5.41) is 0. The fourth-order valence-corrected chi connectivity index (χ4v) is 5.20. The Balaban J connectivity index is 1.30. The molecule has 4 rings (SSSR count). The van der Waals surface area contributed by atoms with Crippen molar-refractivity contribution in [1.29, 1.82) is 0 Å².